The lowest BCUT2D eigenvalue weighted by Gasteiger charge is -2.47. The maximum absolute atomic E-state index is 14.0. The van der Waals surface area contributed by atoms with Gasteiger partial charge < -0.3 is 28.1 Å². The van der Waals surface area contributed by atoms with E-state index in [4.69, 9.17) is 28.1 Å². The van der Waals surface area contributed by atoms with Crippen molar-refractivity contribution in [1.29, 1.82) is 0 Å². The van der Waals surface area contributed by atoms with Crippen LogP contribution in [-0.2, 0) is 30.0 Å². The third-order valence-electron chi connectivity index (χ3n) is 10.0. The molecule has 3 aliphatic rings. The average Bonchev–Trinajstić information content (AvgIpc) is 3.59. The summed E-state index contributed by atoms with van der Waals surface area (Å²) < 4.78 is 39.2. The molecule has 266 valence electrons. The third-order valence-corrected chi connectivity index (χ3v) is 15.0. The molecule has 0 N–H and O–H groups in total. The topological polar surface area (TPSA) is 92.8 Å². The molecule has 0 saturated carbocycles. The van der Waals surface area contributed by atoms with Gasteiger partial charge in [-0.1, -0.05) is 106 Å². The van der Waals surface area contributed by atoms with Crippen molar-refractivity contribution in [1.82, 2.24) is 4.90 Å². The van der Waals surface area contributed by atoms with Gasteiger partial charge in [0.1, 0.15) is 30.1 Å². The normalized spacial score (nSPS) is 24.4. The first-order valence-electron chi connectivity index (χ1n) is 17.4. The summed E-state index contributed by atoms with van der Waals surface area (Å²) in [7, 11) is -1.35. The van der Waals surface area contributed by atoms with Gasteiger partial charge in [-0.15, -0.1) is 0 Å². The number of imide groups is 1. The zero-order valence-electron chi connectivity index (χ0n) is 29.9. The average molecular weight is 708 g/mol. The van der Waals surface area contributed by atoms with E-state index in [-0.39, 0.29) is 18.3 Å². The molecule has 0 aliphatic carbocycles. The Balaban J connectivity index is 1.27. The fourth-order valence-corrected chi connectivity index (χ4v) is 12.3. The Hall–Kier alpha value is -4.16. The molecule has 2 amide bonds. The smallest absolute Gasteiger partial charge is 0.262 e. The van der Waals surface area contributed by atoms with Gasteiger partial charge in [-0.25, -0.2) is 0 Å². The molecule has 0 bridgehead atoms. The maximum Gasteiger partial charge on any atom is 0.262 e. The molecule has 10 heteroatoms. The van der Waals surface area contributed by atoms with E-state index >= 15 is 0 Å². The predicted molar refractivity (Wildman–Crippen MR) is 195 cm³/mol. The SMILES string of the molecule is COc1ccc(COC2O[C@H](CO[Si](c3ccccc3)(c3ccccc3)C(C)(C)C)[C@@H]3OC(C)(C)O[C@@H]3[C@H]2N2C(=O)c3ccccc3C2=O)cc1. The van der Waals surface area contributed by atoms with Gasteiger partial charge in [0, 0.05) is 0 Å². The second kappa shape index (κ2) is 13.8. The Morgan fingerprint density at radius 2 is 1.27 bits per heavy atom. The van der Waals surface area contributed by atoms with Crippen molar-refractivity contribution in [2.45, 2.75) is 82.7 Å². The lowest BCUT2D eigenvalue weighted by Crippen LogP contribution is -2.69. The van der Waals surface area contributed by atoms with Crippen LogP contribution in [0.5, 0.6) is 5.75 Å². The second-order valence-electron chi connectivity index (χ2n) is 14.8. The van der Waals surface area contributed by atoms with Crippen LogP contribution < -0.4 is 15.1 Å². The molecule has 3 aliphatic heterocycles. The summed E-state index contributed by atoms with van der Waals surface area (Å²) in [4.78, 5) is 29.2. The van der Waals surface area contributed by atoms with Crippen LogP contribution >= 0.6 is 0 Å². The van der Waals surface area contributed by atoms with Gasteiger partial charge in [-0.3, -0.25) is 14.5 Å². The predicted octanol–water partition coefficient (Wildman–Crippen LogP) is 5.70. The Labute approximate surface area is 300 Å². The molecule has 7 rings (SSSR count). The summed E-state index contributed by atoms with van der Waals surface area (Å²) in [5, 5.41) is 2.00. The highest BCUT2D eigenvalue weighted by atomic mass is 28.4. The molecule has 0 spiro atoms. The van der Waals surface area contributed by atoms with Crippen molar-refractivity contribution in [3.8, 4) is 5.75 Å². The van der Waals surface area contributed by atoms with Crippen LogP contribution in [0.4, 0.5) is 0 Å². The number of methoxy groups -OCH3 is 1. The minimum atomic E-state index is -2.97. The molecule has 51 heavy (non-hydrogen) atoms. The van der Waals surface area contributed by atoms with E-state index in [0.29, 0.717) is 11.1 Å². The molecule has 2 saturated heterocycles. The van der Waals surface area contributed by atoms with Crippen LogP contribution in [0.1, 0.15) is 60.9 Å². The van der Waals surface area contributed by atoms with E-state index < -0.39 is 56.6 Å². The van der Waals surface area contributed by atoms with Crippen molar-refractivity contribution in [2.24, 2.45) is 0 Å². The number of hydrogen-bond donors (Lipinski definition) is 0. The van der Waals surface area contributed by atoms with Crippen LogP contribution in [0.15, 0.2) is 109 Å². The standard InChI is InChI=1S/C41H45NO8Si/c1-40(2,3)51(29-15-9-7-10-16-29,30-17-11-8-12-18-30)47-26-33-35-36(50-41(4,5)49-35)34(42-37(43)31-19-13-14-20-32(31)38(42)44)39(48-33)46-25-27-21-23-28(45-6)24-22-27/h7-24,33-36,39H,25-26H2,1-6H3/t33-,34-,35+,36-,39?/m1/s1. The highest BCUT2D eigenvalue weighted by molar-refractivity contribution is 6.99. The Morgan fingerprint density at radius 3 is 1.80 bits per heavy atom. The first-order valence-corrected chi connectivity index (χ1v) is 19.3. The summed E-state index contributed by atoms with van der Waals surface area (Å²) in [6.45, 7) is 10.6. The molecule has 3 heterocycles. The number of hydrogen-bond acceptors (Lipinski definition) is 8. The third kappa shape index (κ3) is 6.45. The van der Waals surface area contributed by atoms with Crippen LogP contribution in [0.3, 0.4) is 0 Å². The van der Waals surface area contributed by atoms with Crippen molar-refractivity contribution >= 4 is 30.5 Å². The van der Waals surface area contributed by atoms with E-state index in [1.54, 1.807) is 31.4 Å². The number of fused-ring (bicyclic) bond motifs is 2. The molecular weight excluding hydrogens is 663 g/mol. The van der Waals surface area contributed by atoms with Gasteiger partial charge in [0.25, 0.3) is 20.1 Å². The molecule has 1 unspecified atom stereocenters. The quantitative estimate of drug-likeness (QED) is 0.153. The van der Waals surface area contributed by atoms with Crippen molar-refractivity contribution < 1.29 is 37.7 Å². The number of benzene rings is 4. The summed E-state index contributed by atoms with van der Waals surface area (Å²) in [6.07, 6.45) is -3.15. The van der Waals surface area contributed by atoms with Crippen LogP contribution in [0.25, 0.3) is 0 Å². The van der Waals surface area contributed by atoms with Crippen molar-refractivity contribution in [2.75, 3.05) is 13.7 Å². The van der Waals surface area contributed by atoms with Gasteiger partial charge in [0.2, 0.25) is 0 Å². The summed E-state index contributed by atoms with van der Waals surface area (Å²) in [5.74, 6) is -1.15. The molecule has 5 atom stereocenters. The molecule has 0 aromatic heterocycles. The lowest BCUT2D eigenvalue weighted by molar-refractivity contribution is -0.262. The highest BCUT2D eigenvalue weighted by Crippen LogP contribution is 2.43. The largest absolute Gasteiger partial charge is 0.497 e. The Morgan fingerprint density at radius 1 is 0.745 bits per heavy atom. The van der Waals surface area contributed by atoms with E-state index in [0.717, 1.165) is 21.7 Å². The molecular formula is C41H45NO8Si. The zero-order valence-corrected chi connectivity index (χ0v) is 30.9. The Bertz CT molecular complexity index is 1790. The van der Waals surface area contributed by atoms with E-state index in [9.17, 15) is 9.59 Å². The molecule has 9 nitrogen and oxygen atoms in total. The van der Waals surface area contributed by atoms with E-state index in [1.807, 2.05) is 50.2 Å². The van der Waals surface area contributed by atoms with Gasteiger partial charge in [0.05, 0.1) is 31.5 Å². The number of ether oxygens (including phenoxy) is 5. The fourth-order valence-electron chi connectivity index (χ4n) is 7.74. The summed E-state index contributed by atoms with van der Waals surface area (Å²) >= 11 is 0. The molecule has 4 aromatic rings. The minimum absolute atomic E-state index is 0.151. The first-order chi connectivity index (χ1) is 24.4. The number of rotatable bonds is 10. The lowest BCUT2D eigenvalue weighted by atomic mass is 9.95. The number of carbonyl (C=O) groups is 2. The highest BCUT2D eigenvalue weighted by Gasteiger charge is 2.61. The molecule has 4 aromatic carbocycles. The summed E-state index contributed by atoms with van der Waals surface area (Å²) in [5.41, 5.74) is 1.54. The number of carbonyl (C=O) groups excluding carboxylic acids is 2. The number of nitrogens with zero attached hydrogens (tertiary/aromatic N) is 1. The summed E-state index contributed by atoms with van der Waals surface area (Å²) in [6, 6.07) is 34.2. The number of amides is 2. The maximum atomic E-state index is 14.0. The van der Waals surface area contributed by atoms with Gasteiger partial charge in [-0.2, -0.15) is 0 Å². The van der Waals surface area contributed by atoms with Crippen LogP contribution in [0.2, 0.25) is 5.04 Å². The van der Waals surface area contributed by atoms with Crippen molar-refractivity contribution in [3.05, 3.63) is 126 Å². The van der Waals surface area contributed by atoms with E-state index in [2.05, 4.69) is 69.3 Å². The zero-order chi connectivity index (χ0) is 36.0. The fraction of sp³-hybridized carbons (Fsp3) is 0.366. The van der Waals surface area contributed by atoms with Crippen LogP contribution in [-0.4, -0.2) is 75.2 Å². The molecule has 2 fully saturated rings. The minimum Gasteiger partial charge on any atom is -0.497 e. The van der Waals surface area contributed by atoms with Crippen molar-refractivity contribution in [3.63, 3.8) is 0 Å². The Kier molecular flexibility index (Phi) is 9.51. The monoisotopic (exact) mass is 707 g/mol. The van der Waals surface area contributed by atoms with Crippen LogP contribution in [0, 0.1) is 0 Å². The molecule has 0 radical (unpaired) electrons. The first kappa shape index (κ1) is 35.2. The van der Waals surface area contributed by atoms with E-state index in [1.165, 1.54) is 4.90 Å². The second-order valence-corrected chi connectivity index (χ2v) is 19.1. The van der Waals surface area contributed by atoms with Gasteiger partial charge >= 0.3 is 0 Å². The van der Waals surface area contributed by atoms with Gasteiger partial charge in [0.15, 0.2) is 12.1 Å². The van der Waals surface area contributed by atoms with Gasteiger partial charge in [-0.05, 0) is 59.1 Å².